The third kappa shape index (κ3) is 2.33. The molecular weight excluding hydrogens is 321 g/mol. The van der Waals surface area contributed by atoms with Gasteiger partial charge in [-0.2, -0.15) is 13.2 Å². The van der Waals surface area contributed by atoms with Crippen LogP contribution in [0.4, 0.5) is 19.1 Å². The summed E-state index contributed by atoms with van der Waals surface area (Å²) in [6.45, 7) is 1.65. The predicted octanol–water partition coefficient (Wildman–Crippen LogP) is 3.18. The first kappa shape index (κ1) is 15.0. The third-order valence-corrected chi connectivity index (χ3v) is 4.43. The summed E-state index contributed by atoms with van der Waals surface area (Å²) in [4.78, 5) is 21.2. The molecule has 0 atom stereocenters. The quantitative estimate of drug-likeness (QED) is 0.742. The lowest BCUT2D eigenvalue weighted by Gasteiger charge is -2.27. The summed E-state index contributed by atoms with van der Waals surface area (Å²) in [6.07, 6.45) is 0.239. The number of anilines is 1. The Balaban J connectivity index is 1.98. The Labute approximate surface area is 134 Å². The van der Waals surface area contributed by atoms with E-state index in [1.54, 1.807) is 4.40 Å². The summed E-state index contributed by atoms with van der Waals surface area (Å²) in [5.74, 6) is 0.612. The van der Waals surface area contributed by atoms with E-state index in [4.69, 9.17) is 0 Å². The van der Waals surface area contributed by atoms with Crippen molar-refractivity contribution in [3.8, 4) is 0 Å². The van der Waals surface area contributed by atoms with Crippen LogP contribution in [0.25, 0.3) is 16.6 Å². The molecule has 4 rings (SSSR count). The molecule has 1 aliphatic heterocycles. The second-order valence-corrected chi connectivity index (χ2v) is 6.01. The number of rotatable bonds is 1. The van der Waals surface area contributed by atoms with Crippen LogP contribution < -0.4 is 10.5 Å². The Morgan fingerprint density at radius 2 is 1.83 bits per heavy atom. The molecule has 2 aromatic heterocycles. The van der Waals surface area contributed by atoms with Crippen molar-refractivity contribution in [2.45, 2.75) is 25.4 Å². The summed E-state index contributed by atoms with van der Waals surface area (Å²) >= 11 is 0. The summed E-state index contributed by atoms with van der Waals surface area (Å²) in [5, 5.41) is 0. The van der Waals surface area contributed by atoms with Crippen LogP contribution in [-0.2, 0) is 6.18 Å². The molecule has 0 bridgehead atoms. The topological polar surface area (TPSA) is 53.4 Å². The van der Waals surface area contributed by atoms with Crippen molar-refractivity contribution >= 4 is 22.5 Å². The number of benzene rings is 1. The van der Waals surface area contributed by atoms with Crippen LogP contribution in [0.15, 0.2) is 29.2 Å². The van der Waals surface area contributed by atoms with Crippen LogP contribution in [-0.4, -0.2) is 27.5 Å². The summed E-state index contributed by atoms with van der Waals surface area (Å²) in [5.41, 5.74) is -0.237. The number of aromatic nitrogens is 3. The predicted molar refractivity (Wildman–Crippen MR) is 84.4 cm³/mol. The molecule has 0 spiro atoms. The van der Waals surface area contributed by atoms with Gasteiger partial charge in [0, 0.05) is 13.1 Å². The first-order chi connectivity index (χ1) is 11.4. The van der Waals surface area contributed by atoms with Gasteiger partial charge in [0.05, 0.1) is 22.8 Å². The normalized spacial score (nSPS) is 16.2. The summed E-state index contributed by atoms with van der Waals surface area (Å²) in [6, 6.07) is 3.38. The molecule has 3 aromatic rings. The maximum atomic E-state index is 12.9. The molecule has 0 unspecified atom stereocenters. The number of fused-ring (bicyclic) bond motifs is 3. The van der Waals surface area contributed by atoms with E-state index < -0.39 is 17.3 Å². The zero-order valence-electron chi connectivity index (χ0n) is 12.7. The van der Waals surface area contributed by atoms with Crippen molar-refractivity contribution in [2.75, 3.05) is 18.0 Å². The van der Waals surface area contributed by atoms with E-state index in [2.05, 4.69) is 14.9 Å². The van der Waals surface area contributed by atoms with Crippen LogP contribution in [0, 0.1) is 0 Å². The molecule has 1 fully saturated rings. The van der Waals surface area contributed by atoms with Crippen LogP contribution in [0.3, 0.4) is 0 Å². The number of imidazole rings is 1. The highest BCUT2D eigenvalue weighted by atomic mass is 19.4. The fraction of sp³-hybridized carbons (Fsp3) is 0.375. The SMILES string of the molecule is O=c1[nH]c2cc(C(F)(F)F)ccc2n2c(N3CCCCC3)ncc12. The lowest BCUT2D eigenvalue weighted by molar-refractivity contribution is -0.137. The maximum Gasteiger partial charge on any atom is 0.416 e. The van der Waals surface area contributed by atoms with Gasteiger partial charge >= 0.3 is 6.18 Å². The van der Waals surface area contributed by atoms with Crippen molar-refractivity contribution in [1.29, 1.82) is 0 Å². The van der Waals surface area contributed by atoms with E-state index in [-0.39, 0.29) is 5.52 Å². The minimum absolute atomic E-state index is 0.151. The molecule has 5 nitrogen and oxygen atoms in total. The average molecular weight is 336 g/mol. The van der Waals surface area contributed by atoms with Gasteiger partial charge in [-0.15, -0.1) is 0 Å². The lowest BCUT2D eigenvalue weighted by Crippen LogP contribution is -2.31. The van der Waals surface area contributed by atoms with Gasteiger partial charge < -0.3 is 9.88 Å². The lowest BCUT2D eigenvalue weighted by atomic mass is 10.1. The van der Waals surface area contributed by atoms with E-state index in [0.717, 1.165) is 44.5 Å². The Bertz CT molecular complexity index is 967. The molecule has 0 amide bonds. The first-order valence-electron chi connectivity index (χ1n) is 7.81. The number of nitrogens with one attached hydrogen (secondary N) is 1. The van der Waals surface area contributed by atoms with Crippen LogP contribution >= 0.6 is 0 Å². The number of alkyl halides is 3. The highest BCUT2D eigenvalue weighted by Crippen LogP contribution is 2.31. The standard InChI is InChI=1S/C16H15F3N4O/c17-16(18,19)10-4-5-12-11(8-10)21-14(24)13-9-20-15(23(12)13)22-6-2-1-3-7-22/h4-5,8-9H,1-3,6-7H2,(H,21,24). The van der Waals surface area contributed by atoms with E-state index in [0.29, 0.717) is 17.0 Å². The largest absolute Gasteiger partial charge is 0.416 e. The fourth-order valence-corrected chi connectivity index (χ4v) is 3.25. The Hall–Kier alpha value is -2.51. The van der Waals surface area contributed by atoms with Crippen LogP contribution in [0.5, 0.6) is 0 Å². The molecule has 126 valence electrons. The van der Waals surface area contributed by atoms with Gasteiger partial charge in [-0.05, 0) is 37.5 Å². The number of aromatic amines is 1. The summed E-state index contributed by atoms with van der Waals surface area (Å²) in [7, 11) is 0. The fourth-order valence-electron chi connectivity index (χ4n) is 3.25. The monoisotopic (exact) mass is 336 g/mol. The minimum Gasteiger partial charge on any atom is -0.342 e. The minimum atomic E-state index is -4.45. The molecule has 3 heterocycles. The van der Waals surface area contributed by atoms with Crippen molar-refractivity contribution in [2.24, 2.45) is 0 Å². The van der Waals surface area contributed by atoms with Gasteiger partial charge in [-0.1, -0.05) is 0 Å². The number of halogens is 3. The zero-order valence-corrected chi connectivity index (χ0v) is 12.7. The van der Waals surface area contributed by atoms with Crippen LogP contribution in [0.2, 0.25) is 0 Å². The molecule has 0 aliphatic carbocycles. The Kier molecular flexibility index (Phi) is 3.29. The van der Waals surface area contributed by atoms with Gasteiger partial charge in [0.1, 0.15) is 5.52 Å². The number of piperidine rings is 1. The molecular formula is C16H15F3N4O. The Morgan fingerprint density at radius 1 is 1.08 bits per heavy atom. The van der Waals surface area contributed by atoms with Gasteiger partial charge in [0.15, 0.2) is 0 Å². The molecule has 1 aromatic carbocycles. The molecule has 1 N–H and O–H groups in total. The molecule has 0 saturated carbocycles. The van der Waals surface area contributed by atoms with E-state index >= 15 is 0 Å². The van der Waals surface area contributed by atoms with Gasteiger partial charge in [-0.25, -0.2) is 4.98 Å². The van der Waals surface area contributed by atoms with Gasteiger partial charge in [0.25, 0.3) is 5.56 Å². The second-order valence-electron chi connectivity index (χ2n) is 6.01. The van der Waals surface area contributed by atoms with Gasteiger partial charge in [-0.3, -0.25) is 9.20 Å². The first-order valence-corrected chi connectivity index (χ1v) is 7.81. The molecule has 1 saturated heterocycles. The highest BCUT2D eigenvalue weighted by Gasteiger charge is 2.31. The molecule has 1 aliphatic rings. The molecule has 0 radical (unpaired) electrons. The average Bonchev–Trinajstić information content (AvgIpc) is 3.00. The molecule has 8 heteroatoms. The second kappa shape index (κ2) is 5.25. The number of hydrogen-bond donors (Lipinski definition) is 1. The van der Waals surface area contributed by atoms with Crippen molar-refractivity contribution in [3.63, 3.8) is 0 Å². The Morgan fingerprint density at radius 3 is 2.54 bits per heavy atom. The van der Waals surface area contributed by atoms with Crippen molar-refractivity contribution in [3.05, 3.63) is 40.3 Å². The number of nitrogens with zero attached hydrogens (tertiary/aromatic N) is 3. The van der Waals surface area contributed by atoms with E-state index in [9.17, 15) is 18.0 Å². The highest BCUT2D eigenvalue weighted by molar-refractivity contribution is 5.80. The van der Waals surface area contributed by atoms with E-state index in [1.807, 2.05) is 0 Å². The van der Waals surface area contributed by atoms with Gasteiger partial charge in [0.2, 0.25) is 5.95 Å². The smallest absolute Gasteiger partial charge is 0.342 e. The van der Waals surface area contributed by atoms with E-state index in [1.165, 1.54) is 12.3 Å². The third-order valence-electron chi connectivity index (χ3n) is 4.43. The molecule has 24 heavy (non-hydrogen) atoms. The zero-order chi connectivity index (χ0) is 16.9. The van der Waals surface area contributed by atoms with Crippen molar-refractivity contribution < 1.29 is 13.2 Å². The summed E-state index contributed by atoms with van der Waals surface area (Å²) < 4.78 is 40.4. The van der Waals surface area contributed by atoms with Crippen molar-refractivity contribution in [1.82, 2.24) is 14.4 Å². The number of H-pyrrole nitrogens is 1. The number of hydrogen-bond acceptors (Lipinski definition) is 3. The van der Waals surface area contributed by atoms with Crippen LogP contribution in [0.1, 0.15) is 24.8 Å². The maximum absolute atomic E-state index is 12.9.